The lowest BCUT2D eigenvalue weighted by molar-refractivity contribution is -0.158. The zero-order chi connectivity index (χ0) is 17.3. The summed E-state index contributed by atoms with van der Waals surface area (Å²) in [5, 5.41) is -1.24. The van der Waals surface area contributed by atoms with Gasteiger partial charge in [-0.2, -0.15) is 0 Å². The quantitative estimate of drug-likeness (QED) is 0.431. The molecule has 1 fully saturated rings. The summed E-state index contributed by atoms with van der Waals surface area (Å²) in [6, 6.07) is 0. The number of Topliss-reactive ketones (excluding diaryl/α,β-unsaturated/α-hetero) is 3. The van der Waals surface area contributed by atoms with Crippen LogP contribution in [0.15, 0.2) is 0 Å². The largest absolute Gasteiger partial charge is 0.467 e. The molecule has 0 aromatic rings. The van der Waals surface area contributed by atoms with E-state index in [1.54, 1.807) is 0 Å². The molecule has 5 nitrogen and oxygen atoms in total. The number of esters is 1. The number of ether oxygens (including phenoxy) is 1. The highest BCUT2D eigenvalue weighted by Crippen LogP contribution is 2.50. The van der Waals surface area contributed by atoms with E-state index in [2.05, 4.69) is 4.74 Å². The minimum Gasteiger partial charge on any atom is -0.467 e. The Morgan fingerprint density at radius 1 is 1.27 bits per heavy atom. The van der Waals surface area contributed by atoms with Crippen LogP contribution >= 0.6 is 23.2 Å². The molecule has 0 unspecified atom stereocenters. The van der Waals surface area contributed by atoms with E-state index in [1.165, 1.54) is 13.8 Å². The third-order valence-electron chi connectivity index (χ3n) is 4.22. The highest BCUT2D eigenvalue weighted by Gasteiger charge is 2.68. The molecule has 0 heterocycles. The van der Waals surface area contributed by atoms with Gasteiger partial charge < -0.3 is 4.74 Å². The maximum absolute atomic E-state index is 12.7. The predicted molar refractivity (Wildman–Crippen MR) is 82.1 cm³/mol. The Labute approximate surface area is 139 Å². The van der Waals surface area contributed by atoms with Gasteiger partial charge in [-0.1, -0.05) is 38.8 Å². The first-order valence-electron chi connectivity index (χ1n) is 7.09. The number of hydrogen-bond donors (Lipinski definition) is 0. The first-order chi connectivity index (χ1) is 10.1. The zero-order valence-corrected chi connectivity index (χ0v) is 14.6. The van der Waals surface area contributed by atoms with Gasteiger partial charge in [-0.05, 0) is 6.42 Å². The second-order valence-corrected chi connectivity index (χ2v) is 7.01. The van der Waals surface area contributed by atoms with E-state index in [0.29, 0.717) is 6.42 Å². The van der Waals surface area contributed by atoms with E-state index in [1.807, 2.05) is 6.92 Å². The smallest absolute Gasteiger partial charge is 0.335 e. The van der Waals surface area contributed by atoms with Crippen molar-refractivity contribution in [3.8, 4) is 0 Å². The van der Waals surface area contributed by atoms with Crippen molar-refractivity contribution in [2.75, 3.05) is 7.11 Å². The Kier molecular flexibility index (Phi) is 5.79. The Balaban J connectivity index is 3.35. The summed E-state index contributed by atoms with van der Waals surface area (Å²) >= 11 is 12.4. The average molecular weight is 351 g/mol. The molecular weight excluding hydrogens is 331 g/mol. The molecule has 0 bridgehead atoms. The molecule has 1 rings (SSSR count). The maximum atomic E-state index is 12.7. The lowest BCUT2D eigenvalue weighted by Crippen LogP contribution is -2.67. The molecule has 0 N–H and O–H groups in total. The molecule has 0 aliphatic heterocycles. The first-order valence-corrected chi connectivity index (χ1v) is 7.90. The van der Waals surface area contributed by atoms with Gasteiger partial charge in [0, 0.05) is 11.8 Å². The number of ketones is 3. The van der Waals surface area contributed by atoms with Crippen molar-refractivity contribution in [1.29, 1.82) is 0 Å². The number of carbonyl (C=O) groups excluding carboxylic acids is 4. The van der Waals surface area contributed by atoms with Crippen molar-refractivity contribution >= 4 is 46.5 Å². The van der Waals surface area contributed by atoms with E-state index >= 15 is 0 Å². The molecule has 0 amide bonds. The summed E-state index contributed by atoms with van der Waals surface area (Å²) in [4.78, 5) is 47.2. The molecule has 3 atom stereocenters. The van der Waals surface area contributed by atoms with Crippen LogP contribution in [0.5, 0.6) is 0 Å². The molecule has 0 aromatic heterocycles. The van der Waals surface area contributed by atoms with Gasteiger partial charge in [0.15, 0.2) is 17.3 Å². The summed E-state index contributed by atoms with van der Waals surface area (Å²) in [6.45, 7) is 4.76. The van der Waals surface area contributed by atoms with Crippen LogP contribution in [0, 0.1) is 11.3 Å². The number of alkyl halides is 2. The fourth-order valence-corrected chi connectivity index (χ4v) is 3.27. The van der Waals surface area contributed by atoms with Crippen molar-refractivity contribution in [1.82, 2.24) is 0 Å². The molecule has 22 heavy (non-hydrogen) atoms. The van der Waals surface area contributed by atoms with Crippen molar-refractivity contribution in [2.24, 2.45) is 11.3 Å². The van der Waals surface area contributed by atoms with Gasteiger partial charge in [0.1, 0.15) is 11.3 Å². The summed E-state index contributed by atoms with van der Waals surface area (Å²) in [5.41, 5.74) is -1.38. The van der Waals surface area contributed by atoms with E-state index in [4.69, 9.17) is 23.2 Å². The molecule has 0 saturated heterocycles. The van der Waals surface area contributed by atoms with Crippen LogP contribution in [0.3, 0.4) is 0 Å². The van der Waals surface area contributed by atoms with Crippen LogP contribution in [-0.2, 0) is 23.9 Å². The van der Waals surface area contributed by atoms with Crippen molar-refractivity contribution in [3.05, 3.63) is 0 Å². The molecule has 0 spiro atoms. The monoisotopic (exact) mass is 350 g/mol. The van der Waals surface area contributed by atoms with Gasteiger partial charge in [-0.15, -0.1) is 11.6 Å². The molecule has 1 saturated carbocycles. The van der Waals surface area contributed by atoms with E-state index in [-0.39, 0.29) is 6.42 Å². The van der Waals surface area contributed by atoms with Crippen molar-refractivity contribution < 1.29 is 23.9 Å². The van der Waals surface area contributed by atoms with E-state index < -0.39 is 44.9 Å². The number of halogens is 2. The summed E-state index contributed by atoms with van der Waals surface area (Å²) in [5.74, 6) is -4.78. The zero-order valence-electron chi connectivity index (χ0n) is 13.1. The second kappa shape index (κ2) is 6.67. The minimum absolute atomic E-state index is 0.0663. The topological polar surface area (TPSA) is 77.5 Å². The number of methoxy groups -OCH3 is 1. The highest BCUT2D eigenvalue weighted by molar-refractivity contribution is 6.53. The van der Waals surface area contributed by atoms with Crippen molar-refractivity contribution in [2.45, 2.75) is 50.3 Å². The standard InChI is InChI=1S/C15H20Cl2O5/c1-5-6-7-8(18)9-10(19)11(16)14(2,3)15(17,12(9)20)13(21)22-4/h9,11H,5-7H2,1-4H3/t9-,11-,15+/m1/s1. The average Bonchev–Trinajstić information content (AvgIpc) is 2.48. The van der Waals surface area contributed by atoms with Crippen LogP contribution in [0.4, 0.5) is 0 Å². The van der Waals surface area contributed by atoms with E-state index in [0.717, 1.165) is 13.5 Å². The van der Waals surface area contributed by atoms with Crippen LogP contribution < -0.4 is 0 Å². The second-order valence-electron chi connectivity index (χ2n) is 6.00. The van der Waals surface area contributed by atoms with Crippen LogP contribution in [0.1, 0.15) is 40.0 Å². The minimum atomic E-state index is -2.16. The lowest BCUT2D eigenvalue weighted by atomic mass is 9.62. The number of rotatable bonds is 5. The Bertz CT molecular complexity index is 514. The molecule has 124 valence electrons. The SMILES string of the molecule is CCCCC(=O)[C@@H]1C(=O)[C@@H](Cl)C(C)(C)[C@@](Cl)(C(=O)OC)C1=O. The fraction of sp³-hybridized carbons (Fsp3) is 0.733. The normalized spacial score (nSPS) is 31.0. The number of unbranched alkanes of at least 4 members (excludes halogenated alkanes) is 1. The summed E-state index contributed by atoms with van der Waals surface area (Å²) in [6.07, 6.45) is 1.34. The molecule has 0 radical (unpaired) electrons. The van der Waals surface area contributed by atoms with Crippen LogP contribution in [-0.4, -0.2) is 40.7 Å². The molecule has 7 heteroatoms. The van der Waals surface area contributed by atoms with Gasteiger partial charge in [0.25, 0.3) is 0 Å². The van der Waals surface area contributed by atoms with Crippen LogP contribution in [0.2, 0.25) is 0 Å². The fourth-order valence-electron chi connectivity index (χ4n) is 2.63. The molecular formula is C15H20Cl2O5. The molecule has 1 aliphatic carbocycles. The van der Waals surface area contributed by atoms with Crippen LogP contribution in [0.25, 0.3) is 0 Å². The number of carbonyl (C=O) groups is 4. The Morgan fingerprint density at radius 3 is 2.27 bits per heavy atom. The third kappa shape index (κ3) is 2.69. The lowest BCUT2D eigenvalue weighted by Gasteiger charge is -2.46. The Hall–Kier alpha value is -0.940. The van der Waals surface area contributed by atoms with E-state index in [9.17, 15) is 19.2 Å². The Morgan fingerprint density at radius 2 is 1.82 bits per heavy atom. The predicted octanol–water partition coefficient (Wildman–Crippen LogP) is 2.30. The van der Waals surface area contributed by atoms with Gasteiger partial charge >= 0.3 is 5.97 Å². The number of hydrogen-bond acceptors (Lipinski definition) is 5. The summed E-state index contributed by atoms with van der Waals surface area (Å²) < 4.78 is 4.62. The molecule has 0 aromatic carbocycles. The van der Waals surface area contributed by atoms with Gasteiger partial charge in [0.05, 0.1) is 7.11 Å². The highest BCUT2D eigenvalue weighted by atomic mass is 35.5. The van der Waals surface area contributed by atoms with Gasteiger partial charge in [-0.25, -0.2) is 4.79 Å². The summed E-state index contributed by atoms with van der Waals surface area (Å²) in [7, 11) is 1.09. The van der Waals surface area contributed by atoms with Gasteiger partial charge in [0.2, 0.25) is 4.87 Å². The maximum Gasteiger partial charge on any atom is 0.335 e. The van der Waals surface area contributed by atoms with Gasteiger partial charge in [-0.3, -0.25) is 14.4 Å². The molecule has 1 aliphatic rings. The third-order valence-corrected chi connectivity index (χ3v) is 5.81. The first kappa shape index (κ1) is 19.1. The van der Waals surface area contributed by atoms with Crippen molar-refractivity contribution in [3.63, 3.8) is 0 Å².